The maximum absolute atomic E-state index is 8.70. The molecule has 0 fully saturated rings. The van der Waals surface area contributed by atoms with Gasteiger partial charge in [0.15, 0.2) is 0 Å². The van der Waals surface area contributed by atoms with Gasteiger partial charge in [0.1, 0.15) is 0 Å². The number of nitrogens with one attached hydrogen (secondary N) is 1. The second kappa shape index (κ2) is 5.92. The van der Waals surface area contributed by atoms with Crippen LogP contribution in [0.1, 0.15) is 13.8 Å². The molecule has 0 aromatic carbocycles. The molecule has 2 N–H and O–H groups in total. The summed E-state index contributed by atoms with van der Waals surface area (Å²) in [6.07, 6.45) is -0.285. The van der Waals surface area contributed by atoms with E-state index in [2.05, 4.69) is 11.9 Å². The monoisotopic (exact) mass is 151 g/mol. The average molecular weight is 152 g/mol. The third-order valence-electron chi connectivity index (χ3n) is 0.699. The number of aliphatic hydroxyl groups is 1. The van der Waals surface area contributed by atoms with E-state index < -0.39 is 0 Å². The molecule has 0 amide bonds. The predicted molar refractivity (Wildman–Crippen MR) is 41.7 cm³/mol. The summed E-state index contributed by atoms with van der Waals surface area (Å²) in [5.41, 5.74) is 0.894. The highest BCUT2D eigenvalue weighted by Crippen LogP contribution is 1.80. The van der Waals surface area contributed by atoms with Crippen LogP contribution in [0.15, 0.2) is 12.3 Å². The van der Waals surface area contributed by atoms with Gasteiger partial charge in [0.2, 0.25) is 0 Å². The predicted octanol–water partition coefficient (Wildman–Crippen LogP) is 0.912. The Morgan fingerprint density at radius 2 is 2.22 bits per heavy atom. The van der Waals surface area contributed by atoms with Gasteiger partial charge in [-0.1, -0.05) is 6.58 Å². The Morgan fingerprint density at radius 1 is 1.78 bits per heavy atom. The topological polar surface area (TPSA) is 32.3 Å². The van der Waals surface area contributed by atoms with E-state index in [1.165, 1.54) is 0 Å². The van der Waals surface area contributed by atoms with Gasteiger partial charge in [-0.05, 0) is 13.8 Å². The minimum absolute atomic E-state index is 0. The van der Waals surface area contributed by atoms with Crippen molar-refractivity contribution in [2.75, 3.05) is 6.54 Å². The van der Waals surface area contributed by atoms with Crippen LogP contribution in [0.2, 0.25) is 0 Å². The van der Waals surface area contributed by atoms with Gasteiger partial charge in [0.25, 0.3) is 0 Å². The smallest absolute Gasteiger partial charge is 0.0684 e. The van der Waals surface area contributed by atoms with Crippen molar-refractivity contribution in [3.8, 4) is 0 Å². The van der Waals surface area contributed by atoms with Crippen molar-refractivity contribution in [3.63, 3.8) is 0 Å². The van der Waals surface area contributed by atoms with Gasteiger partial charge in [0, 0.05) is 12.2 Å². The van der Waals surface area contributed by atoms with Crippen molar-refractivity contribution >= 4 is 12.4 Å². The van der Waals surface area contributed by atoms with Crippen LogP contribution >= 0.6 is 12.4 Å². The largest absolute Gasteiger partial charge is 0.392 e. The zero-order valence-electron chi connectivity index (χ0n) is 5.85. The first-order chi connectivity index (χ1) is 3.63. The lowest BCUT2D eigenvalue weighted by molar-refractivity contribution is 0.195. The molecule has 1 unspecified atom stereocenters. The van der Waals surface area contributed by atoms with Crippen molar-refractivity contribution in [3.05, 3.63) is 12.3 Å². The fourth-order valence-corrected chi connectivity index (χ4v) is 0.322. The van der Waals surface area contributed by atoms with E-state index in [0.717, 1.165) is 5.70 Å². The molecule has 0 saturated heterocycles. The van der Waals surface area contributed by atoms with Crippen LogP contribution < -0.4 is 5.32 Å². The molecule has 0 heterocycles. The summed E-state index contributed by atoms with van der Waals surface area (Å²) in [5, 5.41) is 11.6. The average Bonchev–Trinajstić information content (AvgIpc) is 1.61. The lowest BCUT2D eigenvalue weighted by Gasteiger charge is -2.05. The normalized spacial score (nSPS) is 11.4. The Morgan fingerprint density at radius 3 is 2.33 bits per heavy atom. The molecule has 0 saturated carbocycles. The minimum Gasteiger partial charge on any atom is -0.392 e. The molecule has 0 spiro atoms. The Kier molecular flexibility index (Phi) is 7.61. The first-order valence-electron chi connectivity index (χ1n) is 2.70. The summed E-state index contributed by atoms with van der Waals surface area (Å²) in [6, 6.07) is 0. The number of halogens is 1. The van der Waals surface area contributed by atoms with E-state index >= 15 is 0 Å². The lowest BCUT2D eigenvalue weighted by Crippen LogP contribution is -2.21. The molecule has 3 heteroatoms. The Hall–Kier alpha value is -0.210. The molecule has 0 aliphatic rings. The summed E-state index contributed by atoms with van der Waals surface area (Å²) < 4.78 is 0. The van der Waals surface area contributed by atoms with Crippen molar-refractivity contribution in [1.82, 2.24) is 5.32 Å². The van der Waals surface area contributed by atoms with Crippen LogP contribution in [-0.4, -0.2) is 17.8 Å². The van der Waals surface area contributed by atoms with Crippen molar-refractivity contribution in [1.29, 1.82) is 0 Å². The Balaban J connectivity index is 0. The zero-order chi connectivity index (χ0) is 6.57. The van der Waals surface area contributed by atoms with Gasteiger partial charge in [0.05, 0.1) is 6.10 Å². The van der Waals surface area contributed by atoms with Crippen LogP contribution in [0.3, 0.4) is 0 Å². The molecule has 0 rings (SSSR count). The summed E-state index contributed by atoms with van der Waals surface area (Å²) >= 11 is 0. The molecule has 1 atom stereocenters. The van der Waals surface area contributed by atoms with Crippen LogP contribution in [0, 0.1) is 0 Å². The van der Waals surface area contributed by atoms with E-state index in [1.54, 1.807) is 6.92 Å². The SMILES string of the molecule is C=C(C)NCC(C)O.Cl. The zero-order valence-corrected chi connectivity index (χ0v) is 6.66. The lowest BCUT2D eigenvalue weighted by atomic mass is 10.4. The number of aliphatic hydroxyl groups excluding tert-OH is 1. The molecular formula is C6H14ClNO. The highest BCUT2D eigenvalue weighted by atomic mass is 35.5. The number of hydrogen-bond acceptors (Lipinski definition) is 2. The van der Waals surface area contributed by atoms with E-state index in [0.29, 0.717) is 6.54 Å². The van der Waals surface area contributed by atoms with Crippen molar-refractivity contribution in [2.45, 2.75) is 20.0 Å². The second-order valence-electron chi connectivity index (χ2n) is 2.01. The third-order valence-corrected chi connectivity index (χ3v) is 0.699. The quantitative estimate of drug-likeness (QED) is 0.629. The second-order valence-corrected chi connectivity index (χ2v) is 2.01. The summed E-state index contributed by atoms with van der Waals surface area (Å²) in [4.78, 5) is 0. The fraction of sp³-hybridized carbons (Fsp3) is 0.667. The molecule has 9 heavy (non-hydrogen) atoms. The maximum atomic E-state index is 8.70. The highest BCUT2D eigenvalue weighted by Gasteiger charge is 1.90. The summed E-state index contributed by atoms with van der Waals surface area (Å²) in [5.74, 6) is 0. The summed E-state index contributed by atoms with van der Waals surface area (Å²) in [7, 11) is 0. The van der Waals surface area contributed by atoms with Crippen LogP contribution in [0.25, 0.3) is 0 Å². The molecule has 0 aliphatic heterocycles. The molecular weight excluding hydrogens is 138 g/mol. The van der Waals surface area contributed by atoms with Crippen LogP contribution in [-0.2, 0) is 0 Å². The minimum atomic E-state index is -0.285. The van der Waals surface area contributed by atoms with E-state index in [-0.39, 0.29) is 18.5 Å². The molecule has 0 aliphatic carbocycles. The first-order valence-corrected chi connectivity index (χ1v) is 2.70. The van der Waals surface area contributed by atoms with Gasteiger partial charge in [-0.25, -0.2) is 0 Å². The van der Waals surface area contributed by atoms with Crippen LogP contribution in [0.4, 0.5) is 0 Å². The van der Waals surface area contributed by atoms with Crippen molar-refractivity contribution < 1.29 is 5.11 Å². The molecule has 56 valence electrons. The third kappa shape index (κ3) is 11.4. The fourth-order valence-electron chi connectivity index (χ4n) is 0.322. The number of hydrogen-bond donors (Lipinski definition) is 2. The summed E-state index contributed by atoms with van der Waals surface area (Å²) in [6.45, 7) is 7.79. The molecule has 2 nitrogen and oxygen atoms in total. The van der Waals surface area contributed by atoms with E-state index in [9.17, 15) is 0 Å². The van der Waals surface area contributed by atoms with Gasteiger partial charge >= 0.3 is 0 Å². The number of allylic oxidation sites excluding steroid dienone is 1. The number of rotatable bonds is 3. The first kappa shape index (κ1) is 11.6. The van der Waals surface area contributed by atoms with E-state index in [1.807, 2.05) is 6.92 Å². The van der Waals surface area contributed by atoms with Gasteiger partial charge in [-0.15, -0.1) is 12.4 Å². The highest BCUT2D eigenvalue weighted by molar-refractivity contribution is 5.85. The van der Waals surface area contributed by atoms with Crippen LogP contribution in [0.5, 0.6) is 0 Å². The maximum Gasteiger partial charge on any atom is 0.0684 e. The van der Waals surface area contributed by atoms with Gasteiger partial charge < -0.3 is 10.4 Å². The standard InChI is InChI=1S/C6H13NO.ClH/c1-5(2)7-4-6(3)8;/h6-8H,1,4H2,2-3H3;1H. The Labute approximate surface area is 62.4 Å². The molecule has 0 bridgehead atoms. The molecule has 0 radical (unpaired) electrons. The van der Waals surface area contributed by atoms with Gasteiger partial charge in [-0.3, -0.25) is 0 Å². The van der Waals surface area contributed by atoms with E-state index in [4.69, 9.17) is 5.11 Å². The Bertz CT molecular complexity index is 83.1. The van der Waals surface area contributed by atoms with Gasteiger partial charge in [-0.2, -0.15) is 0 Å². The molecule has 0 aromatic rings. The molecule has 0 aromatic heterocycles. The van der Waals surface area contributed by atoms with Crippen molar-refractivity contribution in [2.24, 2.45) is 0 Å².